The zero-order valence-electron chi connectivity index (χ0n) is 14.6. The number of para-hydroxylation sites is 1. The number of amides is 1. The minimum absolute atomic E-state index is 0.255. The van der Waals surface area contributed by atoms with Crippen molar-refractivity contribution in [3.8, 4) is 11.5 Å². The fourth-order valence-corrected chi connectivity index (χ4v) is 3.71. The summed E-state index contributed by atoms with van der Waals surface area (Å²) in [6.07, 6.45) is 3.82. The molecule has 1 aromatic heterocycles. The third-order valence-electron chi connectivity index (χ3n) is 4.25. The molecule has 1 fully saturated rings. The van der Waals surface area contributed by atoms with Crippen molar-refractivity contribution in [3.63, 3.8) is 0 Å². The van der Waals surface area contributed by atoms with Crippen LogP contribution in [0, 0.1) is 0 Å². The summed E-state index contributed by atoms with van der Waals surface area (Å²) < 4.78 is 10.6. The van der Waals surface area contributed by atoms with Crippen LogP contribution < -0.4 is 14.8 Å². The van der Waals surface area contributed by atoms with Gasteiger partial charge in [-0.3, -0.25) is 15.0 Å². The van der Waals surface area contributed by atoms with Gasteiger partial charge in [0.1, 0.15) is 0 Å². The molecule has 3 rings (SSSR count). The lowest BCUT2D eigenvalue weighted by Gasteiger charge is -2.25. The van der Waals surface area contributed by atoms with Crippen LogP contribution in [-0.2, 0) is 6.54 Å². The van der Waals surface area contributed by atoms with Crippen molar-refractivity contribution in [1.82, 2.24) is 9.88 Å². The van der Waals surface area contributed by atoms with Crippen LogP contribution in [0.15, 0.2) is 23.6 Å². The second kappa shape index (κ2) is 8.31. The maximum atomic E-state index is 12.6. The maximum absolute atomic E-state index is 12.6. The topological polar surface area (TPSA) is 63.7 Å². The van der Waals surface area contributed by atoms with Crippen molar-refractivity contribution in [1.29, 1.82) is 0 Å². The summed E-state index contributed by atoms with van der Waals surface area (Å²) in [7, 11) is 3.07. The molecular weight excluding hydrogens is 338 g/mol. The van der Waals surface area contributed by atoms with Crippen LogP contribution in [0.2, 0.25) is 0 Å². The largest absolute Gasteiger partial charge is 0.493 e. The molecule has 0 unspecified atom stereocenters. The van der Waals surface area contributed by atoms with Gasteiger partial charge >= 0.3 is 0 Å². The molecular formula is C18H23N3O3S. The Balaban J connectivity index is 1.67. The molecule has 1 aliphatic heterocycles. The smallest absolute Gasteiger partial charge is 0.261 e. The molecule has 1 aliphatic rings. The first kappa shape index (κ1) is 17.7. The van der Waals surface area contributed by atoms with E-state index in [0.29, 0.717) is 22.2 Å². The van der Waals surface area contributed by atoms with E-state index in [9.17, 15) is 4.79 Å². The lowest BCUT2D eigenvalue weighted by atomic mass is 10.1. The molecule has 2 heterocycles. The molecule has 1 N–H and O–H groups in total. The highest BCUT2D eigenvalue weighted by atomic mass is 32.1. The highest BCUT2D eigenvalue weighted by Gasteiger charge is 2.18. The van der Waals surface area contributed by atoms with E-state index in [-0.39, 0.29) is 5.91 Å². The van der Waals surface area contributed by atoms with Crippen molar-refractivity contribution in [3.05, 3.63) is 34.8 Å². The molecule has 1 amide bonds. The molecule has 1 saturated heterocycles. The van der Waals surface area contributed by atoms with Crippen LogP contribution in [0.4, 0.5) is 5.13 Å². The number of piperidine rings is 1. The van der Waals surface area contributed by atoms with Gasteiger partial charge in [-0.2, -0.15) is 0 Å². The van der Waals surface area contributed by atoms with Gasteiger partial charge in [0.15, 0.2) is 16.6 Å². The van der Waals surface area contributed by atoms with E-state index in [4.69, 9.17) is 9.47 Å². The van der Waals surface area contributed by atoms with Gasteiger partial charge < -0.3 is 9.47 Å². The number of likely N-dealkylation sites (tertiary alicyclic amines) is 1. The summed E-state index contributed by atoms with van der Waals surface area (Å²) in [5.74, 6) is 0.697. The van der Waals surface area contributed by atoms with Crippen molar-refractivity contribution in [2.45, 2.75) is 25.8 Å². The number of ether oxygens (including phenoxy) is 2. The first-order valence-corrected chi connectivity index (χ1v) is 9.28. The van der Waals surface area contributed by atoms with Crippen LogP contribution in [0.3, 0.4) is 0 Å². The van der Waals surface area contributed by atoms with Gasteiger partial charge in [0.25, 0.3) is 5.91 Å². The number of thiazole rings is 1. The van der Waals surface area contributed by atoms with Gasteiger partial charge in [-0.25, -0.2) is 4.98 Å². The fraction of sp³-hybridized carbons (Fsp3) is 0.444. The number of benzene rings is 1. The van der Waals surface area contributed by atoms with Crippen molar-refractivity contribution < 1.29 is 14.3 Å². The highest BCUT2D eigenvalue weighted by Crippen LogP contribution is 2.31. The molecule has 7 heteroatoms. The van der Waals surface area contributed by atoms with Crippen LogP contribution >= 0.6 is 11.3 Å². The predicted octanol–water partition coefficient (Wildman–Crippen LogP) is 3.40. The molecule has 0 spiro atoms. The van der Waals surface area contributed by atoms with E-state index >= 15 is 0 Å². The van der Waals surface area contributed by atoms with Gasteiger partial charge in [-0.15, -0.1) is 11.3 Å². The Morgan fingerprint density at radius 3 is 2.76 bits per heavy atom. The Morgan fingerprint density at radius 1 is 1.24 bits per heavy atom. The number of aromatic nitrogens is 1. The molecule has 0 bridgehead atoms. The van der Waals surface area contributed by atoms with E-state index in [1.165, 1.54) is 37.7 Å². The number of carbonyl (C=O) groups excluding carboxylic acids is 1. The molecule has 0 aliphatic carbocycles. The average Bonchev–Trinajstić information content (AvgIpc) is 3.08. The Kier molecular flexibility index (Phi) is 5.88. The summed E-state index contributed by atoms with van der Waals surface area (Å²) in [4.78, 5) is 19.5. The lowest BCUT2D eigenvalue weighted by Crippen LogP contribution is -2.29. The number of hydrogen-bond acceptors (Lipinski definition) is 6. The number of anilines is 1. The third-order valence-corrected chi connectivity index (χ3v) is 5.06. The first-order valence-electron chi connectivity index (χ1n) is 8.40. The normalized spacial score (nSPS) is 15.0. The van der Waals surface area contributed by atoms with Gasteiger partial charge in [0.05, 0.1) is 25.5 Å². The van der Waals surface area contributed by atoms with Gasteiger partial charge in [-0.1, -0.05) is 12.5 Å². The van der Waals surface area contributed by atoms with Crippen molar-refractivity contribution in [2.75, 3.05) is 32.6 Å². The predicted molar refractivity (Wildman–Crippen MR) is 98.7 cm³/mol. The summed E-state index contributed by atoms with van der Waals surface area (Å²) in [5, 5.41) is 5.46. The van der Waals surface area contributed by atoms with Crippen LogP contribution in [-0.4, -0.2) is 43.1 Å². The summed E-state index contributed by atoms with van der Waals surface area (Å²) >= 11 is 1.44. The summed E-state index contributed by atoms with van der Waals surface area (Å²) in [5.41, 5.74) is 1.43. The number of methoxy groups -OCH3 is 2. The number of nitrogens with one attached hydrogen (secondary N) is 1. The quantitative estimate of drug-likeness (QED) is 0.854. The molecule has 134 valence electrons. The van der Waals surface area contributed by atoms with E-state index in [1.54, 1.807) is 25.3 Å². The Labute approximate surface area is 151 Å². The number of hydrogen-bond donors (Lipinski definition) is 1. The van der Waals surface area contributed by atoms with E-state index in [2.05, 4.69) is 15.2 Å². The fourth-order valence-electron chi connectivity index (χ4n) is 3.01. The summed E-state index contributed by atoms with van der Waals surface area (Å²) in [6, 6.07) is 5.23. The molecule has 1 aromatic carbocycles. The maximum Gasteiger partial charge on any atom is 0.261 e. The summed E-state index contributed by atoms with van der Waals surface area (Å²) in [6.45, 7) is 3.09. The molecule has 25 heavy (non-hydrogen) atoms. The highest BCUT2D eigenvalue weighted by molar-refractivity contribution is 7.14. The Bertz CT molecular complexity index is 726. The van der Waals surface area contributed by atoms with Gasteiger partial charge in [-0.05, 0) is 38.1 Å². The third kappa shape index (κ3) is 4.29. The molecule has 6 nitrogen and oxygen atoms in total. The molecule has 2 aromatic rings. The Morgan fingerprint density at radius 2 is 2.04 bits per heavy atom. The van der Waals surface area contributed by atoms with E-state index < -0.39 is 0 Å². The van der Waals surface area contributed by atoms with Gasteiger partial charge in [0, 0.05) is 11.9 Å². The lowest BCUT2D eigenvalue weighted by molar-refractivity contribution is 0.102. The zero-order valence-corrected chi connectivity index (χ0v) is 15.4. The minimum Gasteiger partial charge on any atom is -0.493 e. The zero-order chi connectivity index (χ0) is 17.6. The van der Waals surface area contributed by atoms with Crippen LogP contribution in [0.1, 0.15) is 35.3 Å². The standard InChI is InChI=1S/C18H23N3O3S/c1-23-15-8-6-7-14(16(15)24-2)17(22)20-18-19-13(12-25-18)11-21-9-4-3-5-10-21/h6-8,12H,3-5,9-11H2,1-2H3,(H,19,20,22). The molecule has 0 radical (unpaired) electrons. The minimum atomic E-state index is -0.255. The van der Waals surface area contributed by atoms with Crippen LogP contribution in [0.5, 0.6) is 11.5 Å². The van der Waals surface area contributed by atoms with Crippen molar-refractivity contribution in [2.24, 2.45) is 0 Å². The first-order chi connectivity index (χ1) is 12.2. The average molecular weight is 361 g/mol. The van der Waals surface area contributed by atoms with Crippen LogP contribution in [0.25, 0.3) is 0 Å². The SMILES string of the molecule is COc1cccc(C(=O)Nc2nc(CN3CCCCC3)cs2)c1OC. The number of nitrogens with zero attached hydrogens (tertiary/aromatic N) is 2. The second-order valence-electron chi connectivity index (χ2n) is 5.98. The van der Waals surface area contributed by atoms with Crippen molar-refractivity contribution >= 4 is 22.4 Å². The Hall–Kier alpha value is -2.12. The van der Waals surface area contributed by atoms with Gasteiger partial charge in [0.2, 0.25) is 0 Å². The molecule has 0 atom stereocenters. The number of carbonyl (C=O) groups is 1. The van der Waals surface area contributed by atoms with E-state index in [0.717, 1.165) is 25.3 Å². The van der Waals surface area contributed by atoms with E-state index in [1.807, 2.05) is 5.38 Å². The monoisotopic (exact) mass is 361 g/mol. The molecule has 0 saturated carbocycles. The number of rotatable bonds is 6. The second-order valence-corrected chi connectivity index (χ2v) is 6.83.